The Morgan fingerprint density at radius 2 is 1.74 bits per heavy atom. The second kappa shape index (κ2) is 7.06. The first-order valence-electron chi connectivity index (χ1n) is 6.92. The van der Waals surface area contributed by atoms with Gasteiger partial charge >= 0.3 is 0 Å². The lowest BCUT2D eigenvalue weighted by atomic mass is 10.2. The monoisotopic (exact) mass is 283 g/mol. The quantitative estimate of drug-likeness (QED) is 0.837. The Balaban J connectivity index is 2.74. The molecule has 1 aromatic rings. The minimum Gasteiger partial charge on any atom is -0.314 e. The summed E-state index contributed by atoms with van der Waals surface area (Å²) in [5.41, 5.74) is 1.07. The van der Waals surface area contributed by atoms with Crippen LogP contribution in [0.3, 0.4) is 0 Å². The number of hydrogen-bond donors (Lipinski definition) is 1. The third kappa shape index (κ3) is 4.62. The zero-order valence-electron chi connectivity index (χ0n) is 12.3. The molecular formula is C15H25NO2S. The topological polar surface area (TPSA) is 46.2 Å². The molecule has 0 bridgehead atoms. The Morgan fingerprint density at radius 3 is 2.26 bits per heavy atom. The van der Waals surface area contributed by atoms with E-state index in [0.717, 1.165) is 18.5 Å². The zero-order valence-corrected chi connectivity index (χ0v) is 13.1. The molecule has 0 aliphatic heterocycles. The van der Waals surface area contributed by atoms with Gasteiger partial charge in [0.05, 0.1) is 10.1 Å². The third-order valence-corrected chi connectivity index (χ3v) is 5.49. The van der Waals surface area contributed by atoms with Crippen LogP contribution in [0.5, 0.6) is 0 Å². The first-order chi connectivity index (χ1) is 8.87. The van der Waals surface area contributed by atoms with E-state index in [1.54, 1.807) is 19.1 Å². The highest BCUT2D eigenvalue weighted by Crippen LogP contribution is 2.19. The Bertz CT molecular complexity index is 479. The van der Waals surface area contributed by atoms with Crippen molar-refractivity contribution in [1.29, 1.82) is 0 Å². The van der Waals surface area contributed by atoms with E-state index < -0.39 is 9.84 Å². The van der Waals surface area contributed by atoms with Crippen LogP contribution in [0.4, 0.5) is 0 Å². The maximum atomic E-state index is 12.4. The molecule has 0 heterocycles. The molecule has 1 aromatic carbocycles. The molecule has 4 heteroatoms. The summed E-state index contributed by atoms with van der Waals surface area (Å²) < 4.78 is 24.8. The van der Waals surface area contributed by atoms with Crippen molar-refractivity contribution in [2.45, 2.75) is 56.7 Å². The maximum absolute atomic E-state index is 12.4. The number of benzene rings is 1. The molecule has 0 saturated heterocycles. The lowest BCUT2D eigenvalue weighted by Crippen LogP contribution is -2.32. The summed E-state index contributed by atoms with van der Waals surface area (Å²) in [5, 5.41) is 2.97. The van der Waals surface area contributed by atoms with Crippen LogP contribution in [-0.2, 0) is 9.84 Å². The average Bonchev–Trinajstić information content (AvgIpc) is 2.36. The minimum absolute atomic E-state index is 0.218. The average molecular weight is 283 g/mol. The van der Waals surface area contributed by atoms with Crippen molar-refractivity contribution in [3.63, 3.8) is 0 Å². The van der Waals surface area contributed by atoms with Gasteiger partial charge in [0.25, 0.3) is 0 Å². The van der Waals surface area contributed by atoms with Gasteiger partial charge in [-0.05, 0) is 52.3 Å². The van der Waals surface area contributed by atoms with Crippen molar-refractivity contribution in [3.05, 3.63) is 29.8 Å². The Morgan fingerprint density at radius 1 is 1.16 bits per heavy atom. The number of rotatable bonds is 7. The molecule has 0 aliphatic rings. The van der Waals surface area contributed by atoms with Gasteiger partial charge in [-0.3, -0.25) is 0 Å². The Kier molecular flexibility index (Phi) is 6.01. The van der Waals surface area contributed by atoms with E-state index in [-0.39, 0.29) is 11.3 Å². The van der Waals surface area contributed by atoms with E-state index in [1.165, 1.54) is 0 Å². The number of hydrogen-bond acceptors (Lipinski definition) is 3. The molecular weight excluding hydrogens is 258 g/mol. The van der Waals surface area contributed by atoms with Gasteiger partial charge in [0.15, 0.2) is 9.84 Å². The Hall–Kier alpha value is -0.870. The van der Waals surface area contributed by atoms with Crippen LogP contribution in [0.2, 0.25) is 0 Å². The number of sulfone groups is 1. The molecule has 0 aromatic heterocycles. The lowest BCUT2D eigenvalue weighted by molar-refractivity contribution is 0.497. The van der Waals surface area contributed by atoms with E-state index >= 15 is 0 Å². The standard InChI is InChI=1S/C15H25NO2S/c1-5-10-16-13(3)11-14(4)19(17,18)15-8-6-12(2)7-9-15/h6-9,13-14,16H,5,10-11H2,1-4H3. The number of aryl methyl sites for hydroxylation is 1. The highest BCUT2D eigenvalue weighted by Gasteiger charge is 2.24. The fraction of sp³-hybridized carbons (Fsp3) is 0.600. The van der Waals surface area contributed by atoms with Crippen LogP contribution in [0.1, 0.15) is 39.2 Å². The van der Waals surface area contributed by atoms with Gasteiger partial charge in [0.1, 0.15) is 0 Å². The first-order valence-corrected chi connectivity index (χ1v) is 8.46. The van der Waals surface area contributed by atoms with Crippen LogP contribution in [-0.4, -0.2) is 26.3 Å². The largest absolute Gasteiger partial charge is 0.314 e. The molecule has 2 unspecified atom stereocenters. The van der Waals surface area contributed by atoms with Gasteiger partial charge in [0, 0.05) is 6.04 Å². The molecule has 0 radical (unpaired) electrons. The van der Waals surface area contributed by atoms with Gasteiger partial charge in [-0.25, -0.2) is 8.42 Å². The normalized spacial score (nSPS) is 15.2. The van der Waals surface area contributed by atoms with Crippen molar-refractivity contribution < 1.29 is 8.42 Å². The van der Waals surface area contributed by atoms with Crippen molar-refractivity contribution in [3.8, 4) is 0 Å². The third-order valence-electron chi connectivity index (χ3n) is 3.31. The molecule has 0 fully saturated rings. The van der Waals surface area contributed by atoms with Gasteiger partial charge in [-0.2, -0.15) is 0 Å². The predicted octanol–water partition coefficient (Wildman–Crippen LogP) is 2.94. The predicted molar refractivity (Wildman–Crippen MR) is 80.2 cm³/mol. The molecule has 0 spiro atoms. The molecule has 1 rings (SSSR count). The van der Waals surface area contributed by atoms with E-state index in [4.69, 9.17) is 0 Å². The highest BCUT2D eigenvalue weighted by atomic mass is 32.2. The second-order valence-corrected chi connectivity index (χ2v) is 7.63. The van der Waals surface area contributed by atoms with Crippen LogP contribution < -0.4 is 5.32 Å². The van der Waals surface area contributed by atoms with Gasteiger partial charge in [0.2, 0.25) is 0 Å². The van der Waals surface area contributed by atoms with Crippen LogP contribution in [0.25, 0.3) is 0 Å². The molecule has 0 saturated carbocycles. The lowest BCUT2D eigenvalue weighted by Gasteiger charge is -2.19. The van der Waals surface area contributed by atoms with Gasteiger partial charge in [-0.15, -0.1) is 0 Å². The SMILES string of the molecule is CCCNC(C)CC(C)S(=O)(=O)c1ccc(C)cc1. The summed E-state index contributed by atoms with van der Waals surface area (Å²) in [4.78, 5) is 0.424. The fourth-order valence-corrected chi connectivity index (χ4v) is 3.58. The second-order valence-electron chi connectivity index (χ2n) is 5.26. The summed E-state index contributed by atoms with van der Waals surface area (Å²) in [7, 11) is -3.22. The van der Waals surface area contributed by atoms with Crippen LogP contribution >= 0.6 is 0 Å². The molecule has 19 heavy (non-hydrogen) atoms. The zero-order chi connectivity index (χ0) is 14.5. The maximum Gasteiger partial charge on any atom is 0.181 e. The molecule has 1 N–H and O–H groups in total. The van der Waals surface area contributed by atoms with Crippen molar-refractivity contribution in [1.82, 2.24) is 5.32 Å². The highest BCUT2D eigenvalue weighted by molar-refractivity contribution is 7.92. The van der Waals surface area contributed by atoms with Crippen LogP contribution in [0, 0.1) is 6.92 Å². The summed E-state index contributed by atoms with van der Waals surface area (Å²) in [6.07, 6.45) is 1.69. The van der Waals surface area contributed by atoms with E-state index in [1.807, 2.05) is 26.0 Å². The van der Waals surface area contributed by atoms with E-state index in [0.29, 0.717) is 11.3 Å². The van der Waals surface area contributed by atoms with E-state index in [9.17, 15) is 8.42 Å². The van der Waals surface area contributed by atoms with Crippen LogP contribution in [0.15, 0.2) is 29.2 Å². The summed E-state index contributed by atoms with van der Waals surface area (Å²) in [6.45, 7) is 8.82. The number of nitrogens with one attached hydrogen (secondary N) is 1. The first kappa shape index (κ1) is 16.2. The molecule has 3 nitrogen and oxygen atoms in total. The van der Waals surface area contributed by atoms with Gasteiger partial charge < -0.3 is 5.32 Å². The Labute approximate surface area is 117 Å². The smallest absolute Gasteiger partial charge is 0.181 e. The summed E-state index contributed by atoms with van der Waals surface area (Å²) >= 11 is 0. The van der Waals surface area contributed by atoms with E-state index in [2.05, 4.69) is 12.2 Å². The summed E-state index contributed by atoms with van der Waals surface area (Å²) in [5.74, 6) is 0. The molecule has 2 atom stereocenters. The molecule has 108 valence electrons. The minimum atomic E-state index is -3.22. The van der Waals surface area contributed by atoms with Crippen molar-refractivity contribution >= 4 is 9.84 Å². The van der Waals surface area contributed by atoms with Crippen molar-refractivity contribution in [2.24, 2.45) is 0 Å². The van der Waals surface area contributed by atoms with Crippen molar-refractivity contribution in [2.75, 3.05) is 6.54 Å². The molecule has 0 amide bonds. The van der Waals surface area contributed by atoms with Gasteiger partial charge in [-0.1, -0.05) is 24.6 Å². The fourth-order valence-electron chi connectivity index (χ4n) is 2.06. The molecule has 0 aliphatic carbocycles. The summed E-state index contributed by atoms with van der Waals surface area (Å²) in [6, 6.07) is 7.31.